The number of ether oxygens (including phenoxy) is 1. The maximum atomic E-state index is 12.1. The van der Waals surface area contributed by atoms with Crippen LogP contribution in [0.3, 0.4) is 0 Å². The second-order valence-electron chi connectivity index (χ2n) is 5.75. The zero-order valence-corrected chi connectivity index (χ0v) is 14.0. The van der Waals surface area contributed by atoms with Gasteiger partial charge in [-0.15, -0.1) is 0 Å². The Morgan fingerprint density at radius 1 is 1.00 bits per heavy atom. The van der Waals surface area contributed by atoms with E-state index in [4.69, 9.17) is 4.74 Å². The Morgan fingerprint density at radius 3 is 2.54 bits per heavy atom. The summed E-state index contributed by atoms with van der Waals surface area (Å²) in [5.74, 6) is -1.14. The summed E-state index contributed by atoms with van der Waals surface area (Å²) in [6.45, 7) is 0.0513. The highest BCUT2D eigenvalue weighted by Crippen LogP contribution is 2.08. The number of hydrogen-bond acceptors (Lipinski definition) is 4. The van der Waals surface area contributed by atoms with Gasteiger partial charge in [-0.1, -0.05) is 42.5 Å². The minimum atomic E-state index is -0.744. The summed E-state index contributed by atoms with van der Waals surface area (Å²) in [5.41, 5.74) is 1.39. The van der Waals surface area contributed by atoms with Gasteiger partial charge in [-0.3, -0.25) is 9.59 Å². The molecule has 1 aromatic heterocycles. The summed E-state index contributed by atoms with van der Waals surface area (Å²) in [7, 11) is 0. The van der Waals surface area contributed by atoms with E-state index in [9.17, 15) is 14.4 Å². The Labute approximate surface area is 149 Å². The number of aromatic amines is 1. The van der Waals surface area contributed by atoms with Crippen molar-refractivity contribution < 1.29 is 14.3 Å². The van der Waals surface area contributed by atoms with Gasteiger partial charge < -0.3 is 15.0 Å². The Hall–Kier alpha value is -3.41. The molecule has 3 rings (SSSR count). The molecular weight excluding hydrogens is 332 g/mol. The lowest BCUT2D eigenvalue weighted by Gasteiger charge is -2.07. The van der Waals surface area contributed by atoms with Gasteiger partial charge in [-0.2, -0.15) is 0 Å². The molecule has 0 saturated heterocycles. The molecule has 2 N–H and O–H groups in total. The van der Waals surface area contributed by atoms with Crippen molar-refractivity contribution in [3.05, 3.63) is 82.1 Å². The van der Waals surface area contributed by atoms with Crippen molar-refractivity contribution in [1.82, 2.24) is 10.3 Å². The van der Waals surface area contributed by atoms with Crippen molar-refractivity contribution in [2.45, 2.75) is 6.42 Å². The van der Waals surface area contributed by atoms with Gasteiger partial charge in [0.15, 0.2) is 12.0 Å². The van der Waals surface area contributed by atoms with E-state index in [1.807, 2.05) is 30.3 Å². The summed E-state index contributed by atoms with van der Waals surface area (Å²) in [4.78, 5) is 38.7. The molecule has 26 heavy (non-hydrogen) atoms. The molecule has 0 aliphatic heterocycles. The molecule has 132 valence electrons. The average Bonchev–Trinajstić information content (AvgIpc) is 2.67. The topological polar surface area (TPSA) is 88.3 Å². The van der Waals surface area contributed by atoms with Gasteiger partial charge in [0.25, 0.3) is 5.91 Å². The number of carbonyl (C=O) groups excluding carboxylic acids is 2. The van der Waals surface area contributed by atoms with Crippen LogP contribution in [0.1, 0.15) is 16.1 Å². The van der Waals surface area contributed by atoms with Gasteiger partial charge in [-0.05, 0) is 24.1 Å². The molecule has 0 saturated carbocycles. The van der Waals surface area contributed by atoms with E-state index >= 15 is 0 Å². The summed E-state index contributed by atoms with van der Waals surface area (Å²) in [5, 5.41) is 3.18. The third-order valence-electron chi connectivity index (χ3n) is 3.87. The van der Waals surface area contributed by atoms with Crippen molar-refractivity contribution in [2.75, 3.05) is 13.2 Å². The van der Waals surface area contributed by atoms with Crippen molar-refractivity contribution in [3.63, 3.8) is 0 Å². The largest absolute Gasteiger partial charge is 0.451 e. The van der Waals surface area contributed by atoms with Gasteiger partial charge in [-0.25, -0.2) is 4.79 Å². The number of para-hydroxylation sites is 1. The molecular formula is C20H18N2O4. The maximum absolute atomic E-state index is 12.1. The second kappa shape index (κ2) is 8.11. The van der Waals surface area contributed by atoms with Gasteiger partial charge in [0, 0.05) is 23.5 Å². The lowest BCUT2D eigenvalue weighted by Crippen LogP contribution is -2.30. The molecule has 0 unspecified atom stereocenters. The fourth-order valence-electron chi connectivity index (χ4n) is 2.56. The van der Waals surface area contributed by atoms with Gasteiger partial charge in [0.05, 0.1) is 0 Å². The van der Waals surface area contributed by atoms with Crippen molar-refractivity contribution in [3.8, 4) is 0 Å². The quantitative estimate of drug-likeness (QED) is 0.666. The molecule has 3 aromatic rings. The van der Waals surface area contributed by atoms with Crippen LogP contribution in [0.15, 0.2) is 65.5 Å². The van der Waals surface area contributed by atoms with E-state index in [0.717, 1.165) is 5.56 Å². The number of carbonyl (C=O) groups is 2. The van der Waals surface area contributed by atoms with Crippen LogP contribution >= 0.6 is 0 Å². The lowest BCUT2D eigenvalue weighted by atomic mass is 10.1. The molecule has 0 radical (unpaired) electrons. The fourth-order valence-corrected chi connectivity index (χ4v) is 2.56. The summed E-state index contributed by atoms with van der Waals surface area (Å²) < 4.78 is 4.98. The molecule has 0 fully saturated rings. The van der Waals surface area contributed by atoms with E-state index in [1.54, 1.807) is 24.3 Å². The summed E-state index contributed by atoms with van der Waals surface area (Å²) in [6, 6.07) is 17.8. The van der Waals surface area contributed by atoms with E-state index in [2.05, 4.69) is 10.3 Å². The number of pyridine rings is 1. The van der Waals surface area contributed by atoms with Crippen LogP contribution in [-0.4, -0.2) is 30.0 Å². The minimum Gasteiger partial charge on any atom is -0.451 e. The molecule has 0 aliphatic rings. The van der Waals surface area contributed by atoms with Gasteiger partial charge >= 0.3 is 5.97 Å². The Kier molecular flexibility index (Phi) is 5.43. The number of hydrogen-bond donors (Lipinski definition) is 2. The Bertz CT molecular complexity index is 980. The van der Waals surface area contributed by atoms with Crippen molar-refractivity contribution in [2.24, 2.45) is 0 Å². The number of rotatable bonds is 6. The van der Waals surface area contributed by atoms with Crippen LogP contribution in [0.25, 0.3) is 10.9 Å². The molecule has 6 heteroatoms. The molecule has 0 aliphatic carbocycles. The number of aromatic nitrogens is 1. The highest BCUT2D eigenvalue weighted by Gasteiger charge is 2.13. The number of H-pyrrole nitrogens is 1. The van der Waals surface area contributed by atoms with Crippen LogP contribution in [0.4, 0.5) is 0 Å². The first-order valence-electron chi connectivity index (χ1n) is 8.23. The van der Waals surface area contributed by atoms with Crippen LogP contribution in [0.2, 0.25) is 0 Å². The first kappa shape index (κ1) is 17.4. The van der Waals surface area contributed by atoms with Crippen LogP contribution in [0.5, 0.6) is 0 Å². The number of benzene rings is 2. The van der Waals surface area contributed by atoms with Gasteiger partial charge in [0.2, 0.25) is 0 Å². The zero-order chi connectivity index (χ0) is 18.4. The van der Waals surface area contributed by atoms with Crippen LogP contribution in [0, 0.1) is 0 Å². The standard InChI is InChI=1S/C20H18N2O4/c23-18-12-17(22-16-9-5-4-8-15(16)18)20(25)26-13-19(24)21-11-10-14-6-2-1-3-7-14/h1-9,12H,10-11,13H2,(H,21,24)(H,22,23). The summed E-state index contributed by atoms with van der Waals surface area (Å²) >= 11 is 0. The Balaban J connectivity index is 1.52. The number of fused-ring (bicyclic) bond motifs is 1. The fraction of sp³-hybridized carbons (Fsp3) is 0.150. The second-order valence-corrected chi connectivity index (χ2v) is 5.75. The molecule has 0 atom stereocenters. The molecule has 0 bridgehead atoms. The third-order valence-corrected chi connectivity index (χ3v) is 3.87. The Morgan fingerprint density at radius 2 is 1.73 bits per heavy atom. The third kappa shape index (κ3) is 4.36. The van der Waals surface area contributed by atoms with E-state index in [0.29, 0.717) is 23.9 Å². The first-order valence-corrected chi connectivity index (χ1v) is 8.23. The smallest absolute Gasteiger partial charge is 0.355 e. The number of amides is 1. The van der Waals surface area contributed by atoms with Crippen LogP contribution in [-0.2, 0) is 16.0 Å². The lowest BCUT2D eigenvalue weighted by molar-refractivity contribution is -0.124. The van der Waals surface area contributed by atoms with E-state index < -0.39 is 18.5 Å². The molecule has 1 amide bonds. The predicted octanol–water partition coefficient (Wildman–Crippen LogP) is 2.04. The van der Waals surface area contributed by atoms with Gasteiger partial charge in [0.1, 0.15) is 5.69 Å². The van der Waals surface area contributed by atoms with Crippen LogP contribution < -0.4 is 10.7 Å². The van der Waals surface area contributed by atoms with Crippen molar-refractivity contribution >= 4 is 22.8 Å². The zero-order valence-electron chi connectivity index (χ0n) is 14.0. The molecule has 0 spiro atoms. The number of nitrogens with one attached hydrogen (secondary N) is 2. The molecule has 2 aromatic carbocycles. The minimum absolute atomic E-state index is 0.0192. The molecule has 6 nitrogen and oxygen atoms in total. The highest BCUT2D eigenvalue weighted by molar-refractivity contribution is 5.92. The SMILES string of the molecule is O=C(COC(=O)c1cc(=O)c2ccccc2[nH]1)NCCc1ccccc1. The first-order chi connectivity index (χ1) is 12.6. The van der Waals surface area contributed by atoms with E-state index in [1.165, 1.54) is 6.07 Å². The molecule has 1 heterocycles. The average molecular weight is 350 g/mol. The van der Waals surface area contributed by atoms with Crippen molar-refractivity contribution in [1.29, 1.82) is 0 Å². The predicted molar refractivity (Wildman–Crippen MR) is 98.0 cm³/mol. The van der Waals surface area contributed by atoms with E-state index in [-0.39, 0.29) is 11.1 Å². The summed E-state index contributed by atoms with van der Waals surface area (Å²) in [6.07, 6.45) is 0.693. The monoisotopic (exact) mass is 350 g/mol. The number of esters is 1. The highest BCUT2D eigenvalue weighted by atomic mass is 16.5. The normalized spacial score (nSPS) is 10.5. The maximum Gasteiger partial charge on any atom is 0.355 e.